The molecule has 30 nitrogen and oxygen atoms in total. The van der Waals surface area contributed by atoms with Crippen molar-refractivity contribution in [1.29, 1.82) is 0 Å². The van der Waals surface area contributed by atoms with E-state index in [9.17, 15) is 53.7 Å². The summed E-state index contributed by atoms with van der Waals surface area (Å²) in [6, 6.07) is 43.1. The van der Waals surface area contributed by atoms with Crippen LogP contribution in [0.25, 0.3) is 66.3 Å². The maximum Gasteiger partial charge on any atom is 0.407 e. The molecule has 8 aliphatic rings. The molecule has 9 heterocycles. The van der Waals surface area contributed by atoms with Crippen LogP contribution in [0, 0.1) is 23.7 Å². The Bertz CT molecular complexity index is 6050. The number of amides is 7. The minimum atomic E-state index is -1.13. The zero-order valence-corrected chi connectivity index (χ0v) is 75.0. The number of hydrogen-bond acceptors (Lipinski definition) is 20. The quantitative estimate of drug-likeness (QED) is 0.0266. The first-order valence-electron chi connectivity index (χ1n) is 45.2. The average Bonchev–Trinajstić information content (AvgIpc) is 1.47. The highest BCUT2D eigenvalue weighted by molar-refractivity contribution is 6.09. The molecule has 7 amide bonds. The third kappa shape index (κ3) is 19.1. The van der Waals surface area contributed by atoms with Gasteiger partial charge in [0, 0.05) is 73.2 Å². The lowest BCUT2D eigenvalue weighted by atomic mass is 9.90. The summed E-state index contributed by atoms with van der Waals surface area (Å²) in [6.45, 7) is 12.6. The Kier molecular flexibility index (Phi) is 27.5. The van der Waals surface area contributed by atoms with Gasteiger partial charge >= 0.3 is 24.2 Å². The van der Waals surface area contributed by atoms with Crippen LogP contribution < -0.4 is 30.7 Å². The molecule has 2 aromatic heterocycles. The van der Waals surface area contributed by atoms with Gasteiger partial charge in [0.2, 0.25) is 23.6 Å². The normalized spacial score (nSPS) is 20.4. The Morgan fingerprint density at radius 2 is 0.969 bits per heavy atom. The first kappa shape index (κ1) is 91.0. The minimum Gasteiger partial charge on any atom is -0.488 e. The number of nitrogens with zero attached hydrogens (tertiary/aromatic N) is 7. The second-order valence-corrected chi connectivity index (χ2v) is 36.0. The molecule has 10 aromatic rings. The van der Waals surface area contributed by atoms with Gasteiger partial charge in [-0.15, -0.1) is 0 Å². The lowest BCUT2D eigenvalue weighted by Gasteiger charge is -2.33. The van der Waals surface area contributed by atoms with Gasteiger partial charge in [0.15, 0.2) is 6.04 Å². The Balaban J connectivity index is 0.000000168. The van der Waals surface area contributed by atoms with Gasteiger partial charge in [-0.2, -0.15) is 0 Å². The summed E-state index contributed by atoms with van der Waals surface area (Å²) in [5.74, 6) is 1.81. The number of aliphatic carboxylic acids is 1. The molecule has 4 fully saturated rings. The highest BCUT2D eigenvalue weighted by atomic mass is 16.5. The lowest BCUT2D eigenvalue weighted by Crippen LogP contribution is -2.55. The molecule has 12 atom stereocenters. The number of ether oxygens (including phenoxy) is 5. The molecule has 3 saturated heterocycles. The zero-order chi connectivity index (χ0) is 92.2. The number of carboxylic acids is 1. The average molecular weight is 1780 g/mol. The van der Waals surface area contributed by atoms with Crippen LogP contribution in [0.1, 0.15) is 175 Å². The van der Waals surface area contributed by atoms with Crippen LogP contribution in [-0.4, -0.2) is 198 Å². The number of aromatic nitrogens is 4. The van der Waals surface area contributed by atoms with Crippen molar-refractivity contribution < 1.29 is 82.5 Å². The number of imidazole rings is 2. The number of aromatic amines is 2. The van der Waals surface area contributed by atoms with E-state index in [1.54, 1.807) is 65.7 Å². The second kappa shape index (κ2) is 39.6. The summed E-state index contributed by atoms with van der Waals surface area (Å²) in [5, 5.41) is 52.4. The molecule has 18 rings (SSSR count). The first-order valence-corrected chi connectivity index (χ1v) is 45.2. The maximum absolute atomic E-state index is 14.3. The number of carbonyl (C=O) groups is 8. The van der Waals surface area contributed by atoms with Crippen LogP contribution in [0.15, 0.2) is 168 Å². The molecule has 7 aliphatic heterocycles. The second-order valence-electron chi connectivity index (χ2n) is 36.0. The van der Waals surface area contributed by atoms with E-state index in [2.05, 4.69) is 135 Å². The molecule has 10 N–H and O–H groups in total. The van der Waals surface area contributed by atoms with E-state index in [1.807, 2.05) is 49.8 Å². The fourth-order valence-electron chi connectivity index (χ4n) is 20.2. The molecule has 684 valence electrons. The van der Waals surface area contributed by atoms with Crippen molar-refractivity contribution in [3.05, 3.63) is 203 Å². The predicted molar refractivity (Wildman–Crippen MR) is 494 cm³/mol. The van der Waals surface area contributed by atoms with Crippen molar-refractivity contribution >= 4 is 92.2 Å². The van der Waals surface area contributed by atoms with Crippen LogP contribution in [0.5, 0.6) is 11.5 Å². The van der Waals surface area contributed by atoms with Crippen LogP contribution in [0.4, 0.5) is 25.8 Å². The highest BCUT2D eigenvalue weighted by Crippen LogP contribution is 2.49. The summed E-state index contributed by atoms with van der Waals surface area (Å²) in [6.07, 6.45) is 11.7. The number of methoxy groups -OCH3 is 3. The van der Waals surface area contributed by atoms with Gasteiger partial charge in [0.05, 0.1) is 74.6 Å². The summed E-state index contributed by atoms with van der Waals surface area (Å²) in [4.78, 5) is 133. The molecule has 0 spiro atoms. The number of rotatable bonds is 23. The third-order valence-electron chi connectivity index (χ3n) is 27.1. The summed E-state index contributed by atoms with van der Waals surface area (Å²) < 4.78 is 26.9. The van der Waals surface area contributed by atoms with Crippen molar-refractivity contribution in [2.45, 2.75) is 192 Å². The molecule has 0 unspecified atom stereocenters. The minimum absolute atomic E-state index is 0.000521. The lowest BCUT2D eigenvalue weighted by molar-refractivity contribution is -0.139. The van der Waals surface area contributed by atoms with Crippen molar-refractivity contribution in [1.82, 2.24) is 55.9 Å². The number of nitrogens with one attached hydrogen (secondary N) is 6. The molecule has 1 aliphatic carbocycles. The molecule has 30 heteroatoms. The molecule has 0 radical (unpaired) electrons. The Morgan fingerprint density at radius 1 is 0.496 bits per heavy atom. The SMILES string of the molecule is COC(=O)N[C@@H](C(=O)O)c1ccccc1.COC(=O)N[C@H](C(=O)N1[C@@H](C)CC[C@H]1C1=Nc2ccc3cc4c(cc3c2C1)OCc1cc(-c2cnc([C@@H]3C[C@H](CCO)CN3C(=O)[C@H](NC(=O)CO)c3ccccc3)[nH]2)ccc1-4)C(C)C.COC(=O)N[C@H](C(=O)N1[C@@H](C)CC[C@H]1C1=Nc2ccc3cc4c(cc3c2C1)OCc1cc(-c2cnc([C@H]3CC[C@@H](CCO)C3)[nH]2)ccc1-4)C(C)C. The van der Waals surface area contributed by atoms with Gasteiger partial charge in [-0.25, -0.2) is 29.1 Å². The number of alkyl carbamates (subject to hydrolysis) is 3. The summed E-state index contributed by atoms with van der Waals surface area (Å²) in [7, 11) is 3.79. The number of carbonyl (C=O) groups excluding carboxylic acids is 7. The fourth-order valence-corrected chi connectivity index (χ4v) is 20.2. The van der Waals surface area contributed by atoms with Crippen LogP contribution >= 0.6 is 0 Å². The van der Waals surface area contributed by atoms with Gasteiger partial charge in [0.25, 0.3) is 0 Å². The molecule has 1 saturated carbocycles. The van der Waals surface area contributed by atoms with Crippen molar-refractivity contribution in [3.8, 4) is 56.3 Å². The highest BCUT2D eigenvalue weighted by Gasteiger charge is 2.46. The Labute approximate surface area is 759 Å². The molecular weight excluding hydrogens is 1670 g/mol. The topological polar surface area (TPSA) is 404 Å². The number of carboxylic acid groups (broad SMARTS) is 1. The van der Waals surface area contributed by atoms with Gasteiger partial charge < -0.3 is 90.0 Å². The van der Waals surface area contributed by atoms with Gasteiger partial charge in [0.1, 0.15) is 61.1 Å². The van der Waals surface area contributed by atoms with E-state index < -0.39 is 67.0 Å². The predicted octanol–water partition coefficient (Wildman–Crippen LogP) is 14.9. The number of aliphatic imine (C=N–C) groups is 2. The number of likely N-dealkylation sites (tertiary alicyclic amines) is 3. The molecule has 0 bridgehead atoms. The first-order chi connectivity index (χ1) is 63.3. The molecule has 131 heavy (non-hydrogen) atoms. The van der Waals surface area contributed by atoms with E-state index in [1.165, 1.54) is 26.9 Å². The molecule has 8 aromatic carbocycles. The summed E-state index contributed by atoms with van der Waals surface area (Å²) in [5.41, 5.74) is 17.4. The van der Waals surface area contributed by atoms with Crippen molar-refractivity contribution in [2.24, 2.45) is 33.7 Å². The van der Waals surface area contributed by atoms with Crippen LogP contribution in [0.2, 0.25) is 0 Å². The number of aliphatic hydroxyl groups is 3. The van der Waals surface area contributed by atoms with E-state index >= 15 is 0 Å². The Morgan fingerprint density at radius 3 is 1.44 bits per heavy atom. The van der Waals surface area contributed by atoms with E-state index in [4.69, 9.17) is 44.0 Å². The van der Waals surface area contributed by atoms with Gasteiger partial charge in [-0.1, -0.05) is 125 Å². The van der Waals surface area contributed by atoms with Gasteiger partial charge in [-0.05, 0) is 227 Å². The maximum atomic E-state index is 14.3. The van der Waals surface area contributed by atoms with Crippen molar-refractivity contribution in [3.63, 3.8) is 0 Å². The monoisotopic (exact) mass is 1780 g/mol. The Hall–Kier alpha value is -13.3. The largest absolute Gasteiger partial charge is 0.488 e. The molecular formula is C101H113N13O17. The fraction of sp³-hybridized carbons (Fsp3) is 0.406. The van der Waals surface area contributed by atoms with E-state index in [-0.39, 0.29) is 72.9 Å². The number of H-pyrrole nitrogens is 2. The summed E-state index contributed by atoms with van der Waals surface area (Å²) >= 11 is 0. The number of fused-ring (bicyclic) bond motifs is 12. The third-order valence-corrected chi connectivity index (χ3v) is 27.1. The smallest absolute Gasteiger partial charge is 0.407 e. The number of benzene rings is 8. The zero-order valence-electron chi connectivity index (χ0n) is 75.0. The van der Waals surface area contributed by atoms with Crippen LogP contribution in [-0.2, 0) is 64.2 Å². The van der Waals surface area contributed by atoms with Gasteiger partial charge in [-0.3, -0.25) is 29.2 Å². The number of hydrogen-bond donors (Lipinski definition) is 10. The van der Waals surface area contributed by atoms with E-state index in [0.29, 0.717) is 74.2 Å². The number of aliphatic hydroxyl groups excluding tert-OH is 3. The standard InChI is InChI=1S/C50H55N7O8.C41H47N5O5.C10H11NO4/c1-27(2)45(55-50(63)64-4)49(62)57-28(3)10-15-41(57)39-21-36-35-22-43-37(20-31(35)12-14-38(36)52-39)34-13-11-32(19-33(34)26-65-43)40-23-51-47(53-40)42-18-29(16-17-58)24-56(42)48(61)46(54-44(60)25-59)30-8-6-5-7-9-30;1-22(2)38(45-41(49)50-4)40(48)46-23(3)5-12-36(46)34-18-31-30-19-37-32(17-25(30)9-11-33(31)43-34)29-10-8-26(16-28(29)21-51-37)35-20-42-39(44-35)27-7-6-24(15-27)13-14-47;1-15-10(14)11-8(9(12)13)7-5-3-2-4-6-7/h5-9,11-14,19-20,22-23,27-29,41-42,45-46,58-59H,10,15-18,21,24-26H2,1-4H3,(H,51,53)(H,54,60)(H,55,63);8-11,16-17,19-20,22-24,27,36,38,47H,5-7,12-15,18,21H2,1-4H3,(H,42,44)(H,45,49);2-6,8H,1H3,(H,11,14)(H,12,13)/t28-,29-,41-,42-,45-,46+;23-,24-,27-,36-,38-;8-/m001/s1. The van der Waals surface area contributed by atoms with E-state index in [0.717, 1.165) is 174 Å². The van der Waals surface area contributed by atoms with Crippen LogP contribution in [0.3, 0.4) is 0 Å². The van der Waals surface area contributed by atoms with Crippen molar-refractivity contribution in [2.75, 3.05) is 47.7 Å².